The van der Waals surface area contributed by atoms with Crippen LogP contribution < -0.4 is 5.73 Å². The van der Waals surface area contributed by atoms with Crippen LogP contribution in [0.5, 0.6) is 0 Å². The van der Waals surface area contributed by atoms with Crippen LogP contribution in [0.4, 0.5) is 0 Å². The highest BCUT2D eigenvalue weighted by Crippen LogP contribution is 2.28. The van der Waals surface area contributed by atoms with Gasteiger partial charge < -0.3 is 15.7 Å². The average Bonchev–Trinajstić information content (AvgIpc) is 2.94. The summed E-state index contributed by atoms with van der Waals surface area (Å²) in [7, 11) is 0. The third-order valence-electron chi connectivity index (χ3n) is 4.34. The van der Waals surface area contributed by atoms with Gasteiger partial charge in [0.1, 0.15) is 0 Å². The maximum absolute atomic E-state index is 12.4. The second-order valence-electron chi connectivity index (χ2n) is 6.26. The molecule has 0 aliphatic carbocycles. The molecule has 124 valence electrons. The molecule has 3 N–H and O–H groups in total. The molecule has 0 bridgehead atoms. The monoisotopic (exact) mass is 326 g/mol. The van der Waals surface area contributed by atoms with Crippen molar-refractivity contribution in [2.45, 2.75) is 51.3 Å². The molecule has 3 atom stereocenters. The normalized spacial score (nSPS) is 20.6. The van der Waals surface area contributed by atoms with E-state index in [9.17, 15) is 9.90 Å². The van der Waals surface area contributed by atoms with Crippen molar-refractivity contribution in [2.75, 3.05) is 6.54 Å². The molecule has 5 heteroatoms. The molecule has 1 aliphatic heterocycles. The Morgan fingerprint density at radius 2 is 2.00 bits per heavy atom. The Morgan fingerprint density at radius 1 is 1.36 bits per heavy atom. The molecule has 1 aromatic rings. The van der Waals surface area contributed by atoms with E-state index in [0.717, 1.165) is 24.9 Å². The molecular formula is C17H27ClN2O2. The minimum atomic E-state index is -0.528. The molecule has 4 nitrogen and oxygen atoms in total. The van der Waals surface area contributed by atoms with Gasteiger partial charge in [0.15, 0.2) is 0 Å². The van der Waals surface area contributed by atoms with Crippen molar-refractivity contribution in [3.63, 3.8) is 0 Å². The Bertz CT molecular complexity index is 467. The molecule has 22 heavy (non-hydrogen) atoms. The summed E-state index contributed by atoms with van der Waals surface area (Å²) in [4.78, 5) is 14.3. The fourth-order valence-corrected chi connectivity index (χ4v) is 2.92. The number of carbonyl (C=O) groups is 1. The number of halogens is 1. The molecule has 0 aromatic heterocycles. The molecule has 0 radical (unpaired) electrons. The standard InChI is InChI=1S/C17H26N2O2.ClH/c1-12(2)16(18)17(21)19-10-6-9-14(19)11-15(20)13-7-4-3-5-8-13;/h3-5,7-8,12,14-16,20H,6,9-11,18H2,1-2H3;1H. The third kappa shape index (κ3) is 4.45. The second kappa shape index (κ2) is 8.51. The molecule has 1 aliphatic rings. The number of benzene rings is 1. The van der Waals surface area contributed by atoms with Crippen LogP contribution in [0.2, 0.25) is 0 Å². The predicted molar refractivity (Wildman–Crippen MR) is 90.8 cm³/mol. The van der Waals surface area contributed by atoms with Gasteiger partial charge in [-0.15, -0.1) is 12.4 Å². The Labute approximate surface area is 139 Å². The van der Waals surface area contributed by atoms with Crippen LogP contribution in [-0.2, 0) is 4.79 Å². The molecule has 1 heterocycles. The number of rotatable bonds is 5. The minimum Gasteiger partial charge on any atom is -0.388 e. The van der Waals surface area contributed by atoms with Crippen molar-refractivity contribution in [3.8, 4) is 0 Å². The number of nitrogens with zero attached hydrogens (tertiary/aromatic N) is 1. The van der Waals surface area contributed by atoms with Crippen LogP contribution in [0.25, 0.3) is 0 Å². The topological polar surface area (TPSA) is 66.6 Å². The van der Waals surface area contributed by atoms with E-state index in [2.05, 4.69) is 0 Å². The number of likely N-dealkylation sites (tertiary alicyclic amines) is 1. The summed E-state index contributed by atoms with van der Waals surface area (Å²) in [6, 6.07) is 9.27. The fraction of sp³-hybridized carbons (Fsp3) is 0.588. The van der Waals surface area contributed by atoms with Gasteiger partial charge in [0.2, 0.25) is 5.91 Å². The van der Waals surface area contributed by atoms with Crippen LogP contribution in [0.3, 0.4) is 0 Å². The summed E-state index contributed by atoms with van der Waals surface area (Å²) in [5, 5.41) is 10.4. The van der Waals surface area contributed by atoms with E-state index < -0.39 is 12.1 Å². The van der Waals surface area contributed by atoms with E-state index in [1.165, 1.54) is 0 Å². The first-order chi connectivity index (χ1) is 10.0. The van der Waals surface area contributed by atoms with Crippen molar-refractivity contribution in [1.82, 2.24) is 4.90 Å². The Morgan fingerprint density at radius 3 is 2.59 bits per heavy atom. The number of aliphatic hydroxyl groups excluding tert-OH is 1. The molecule has 1 amide bonds. The first-order valence-corrected chi connectivity index (χ1v) is 7.79. The van der Waals surface area contributed by atoms with Gasteiger partial charge in [-0.25, -0.2) is 0 Å². The van der Waals surface area contributed by atoms with Crippen LogP contribution in [-0.4, -0.2) is 34.5 Å². The van der Waals surface area contributed by atoms with Gasteiger partial charge >= 0.3 is 0 Å². The lowest BCUT2D eigenvalue weighted by Gasteiger charge is -2.30. The molecule has 1 fully saturated rings. The maximum Gasteiger partial charge on any atom is 0.239 e. The molecular weight excluding hydrogens is 300 g/mol. The molecule has 0 spiro atoms. The molecule has 1 aromatic carbocycles. The largest absolute Gasteiger partial charge is 0.388 e. The van der Waals surface area contributed by atoms with Gasteiger partial charge in [0.25, 0.3) is 0 Å². The second-order valence-corrected chi connectivity index (χ2v) is 6.26. The van der Waals surface area contributed by atoms with Crippen molar-refractivity contribution >= 4 is 18.3 Å². The van der Waals surface area contributed by atoms with E-state index in [-0.39, 0.29) is 30.3 Å². The quantitative estimate of drug-likeness (QED) is 0.873. The van der Waals surface area contributed by atoms with Gasteiger partial charge in [0.05, 0.1) is 12.1 Å². The summed E-state index contributed by atoms with van der Waals surface area (Å²) in [5.74, 6) is 0.158. The zero-order valence-electron chi connectivity index (χ0n) is 13.3. The molecule has 1 saturated heterocycles. The van der Waals surface area contributed by atoms with Gasteiger partial charge in [-0.2, -0.15) is 0 Å². The van der Waals surface area contributed by atoms with Crippen molar-refractivity contribution in [2.24, 2.45) is 11.7 Å². The summed E-state index contributed by atoms with van der Waals surface area (Å²) >= 11 is 0. The van der Waals surface area contributed by atoms with Crippen LogP contribution >= 0.6 is 12.4 Å². The van der Waals surface area contributed by atoms with E-state index >= 15 is 0 Å². The van der Waals surface area contributed by atoms with Crippen LogP contribution in [0.15, 0.2) is 30.3 Å². The lowest BCUT2D eigenvalue weighted by Crippen LogP contribution is -2.48. The van der Waals surface area contributed by atoms with E-state index in [1.807, 2.05) is 49.1 Å². The van der Waals surface area contributed by atoms with Gasteiger partial charge in [-0.05, 0) is 30.7 Å². The Kier molecular flexibility index (Phi) is 7.33. The first kappa shape index (κ1) is 18.9. The van der Waals surface area contributed by atoms with Crippen molar-refractivity contribution < 1.29 is 9.90 Å². The average molecular weight is 327 g/mol. The van der Waals surface area contributed by atoms with Crippen molar-refractivity contribution in [1.29, 1.82) is 0 Å². The van der Waals surface area contributed by atoms with E-state index in [4.69, 9.17) is 5.73 Å². The molecule has 0 saturated carbocycles. The number of amides is 1. The Balaban J connectivity index is 0.00000242. The van der Waals surface area contributed by atoms with E-state index in [0.29, 0.717) is 6.42 Å². The smallest absolute Gasteiger partial charge is 0.239 e. The number of hydrogen-bond donors (Lipinski definition) is 2. The Hall–Kier alpha value is -1.10. The third-order valence-corrected chi connectivity index (χ3v) is 4.34. The highest BCUT2D eigenvalue weighted by atomic mass is 35.5. The highest BCUT2D eigenvalue weighted by Gasteiger charge is 2.33. The van der Waals surface area contributed by atoms with Crippen LogP contribution in [0, 0.1) is 5.92 Å². The lowest BCUT2D eigenvalue weighted by molar-refractivity contribution is -0.134. The number of aliphatic hydroxyl groups is 1. The fourth-order valence-electron chi connectivity index (χ4n) is 2.92. The summed E-state index contributed by atoms with van der Waals surface area (Å²) in [5.41, 5.74) is 6.90. The minimum absolute atomic E-state index is 0. The summed E-state index contributed by atoms with van der Waals surface area (Å²) < 4.78 is 0. The number of hydrogen-bond acceptors (Lipinski definition) is 3. The van der Waals surface area contributed by atoms with Gasteiger partial charge in [-0.3, -0.25) is 4.79 Å². The van der Waals surface area contributed by atoms with E-state index in [1.54, 1.807) is 0 Å². The number of nitrogens with two attached hydrogens (primary N) is 1. The highest BCUT2D eigenvalue weighted by molar-refractivity contribution is 5.85. The zero-order chi connectivity index (χ0) is 15.4. The van der Waals surface area contributed by atoms with Gasteiger partial charge in [-0.1, -0.05) is 44.2 Å². The molecule has 2 rings (SSSR count). The van der Waals surface area contributed by atoms with Gasteiger partial charge in [0, 0.05) is 12.6 Å². The molecule has 3 unspecified atom stereocenters. The first-order valence-electron chi connectivity index (χ1n) is 7.79. The lowest BCUT2D eigenvalue weighted by atomic mass is 9.99. The van der Waals surface area contributed by atoms with Crippen LogP contribution in [0.1, 0.15) is 44.8 Å². The van der Waals surface area contributed by atoms with Crippen molar-refractivity contribution in [3.05, 3.63) is 35.9 Å². The summed E-state index contributed by atoms with van der Waals surface area (Å²) in [6.45, 7) is 4.68. The maximum atomic E-state index is 12.4. The predicted octanol–water partition coefficient (Wildman–Crippen LogP) is 2.51. The zero-order valence-corrected chi connectivity index (χ0v) is 14.1. The summed E-state index contributed by atoms with van der Waals surface area (Å²) in [6.07, 6.45) is 1.99. The number of carbonyl (C=O) groups excluding carboxylic acids is 1. The SMILES string of the molecule is CC(C)C(N)C(=O)N1CCCC1CC(O)c1ccccc1.Cl.